The Labute approximate surface area is 102 Å². The van der Waals surface area contributed by atoms with Crippen molar-refractivity contribution in [1.29, 1.82) is 0 Å². The van der Waals surface area contributed by atoms with E-state index in [-0.39, 0.29) is 5.54 Å². The maximum atomic E-state index is 3.74. The number of nitrogens with one attached hydrogen (secondary N) is 1. The smallest absolute Gasteiger partial charge is 0.0299 e. The molecule has 0 aromatic heterocycles. The van der Waals surface area contributed by atoms with E-state index in [1.165, 1.54) is 0 Å². The van der Waals surface area contributed by atoms with E-state index in [2.05, 4.69) is 65.6 Å². The first-order valence-corrected chi connectivity index (χ1v) is 6.70. The molecule has 0 saturated heterocycles. The molecule has 0 heterocycles. The molecule has 0 spiro atoms. The lowest BCUT2D eigenvalue weighted by Gasteiger charge is -2.32. The van der Waals surface area contributed by atoms with Crippen molar-refractivity contribution in [2.24, 2.45) is 5.92 Å². The van der Waals surface area contributed by atoms with Crippen LogP contribution in [0.25, 0.3) is 0 Å². The Bertz CT molecular complexity index is 219. The highest BCUT2D eigenvalue weighted by atomic mass is 15.3. The van der Waals surface area contributed by atoms with Crippen molar-refractivity contribution in [2.75, 3.05) is 0 Å². The van der Waals surface area contributed by atoms with E-state index in [1.54, 1.807) is 0 Å². The van der Waals surface area contributed by atoms with Gasteiger partial charge in [-0.05, 0) is 54.4 Å². The molecule has 0 amide bonds. The van der Waals surface area contributed by atoms with Crippen molar-refractivity contribution in [3.8, 4) is 0 Å². The van der Waals surface area contributed by atoms with Gasteiger partial charge in [-0.2, -0.15) is 0 Å². The molecular formula is C14H30N2. The minimum Gasteiger partial charge on any atom is -0.307 e. The molecule has 2 heteroatoms. The van der Waals surface area contributed by atoms with Gasteiger partial charge in [-0.3, -0.25) is 4.90 Å². The van der Waals surface area contributed by atoms with Gasteiger partial charge in [-0.25, -0.2) is 0 Å². The molecule has 96 valence electrons. The first-order valence-electron chi connectivity index (χ1n) is 6.70. The Morgan fingerprint density at radius 1 is 1.00 bits per heavy atom. The fourth-order valence-electron chi connectivity index (χ4n) is 2.90. The van der Waals surface area contributed by atoms with E-state index in [0.717, 1.165) is 12.0 Å². The molecular weight excluding hydrogens is 196 g/mol. The fourth-order valence-corrected chi connectivity index (χ4v) is 2.90. The second-order valence-electron chi connectivity index (χ2n) is 6.90. The number of hydrogen-bond acceptors (Lipinski definition) is 2. The quantitative estimate of drug-likeness (QED) is 0.793. The average molecular weight is 226 g/mol. The monoisotopic (exact) mass is 226 g/mol. The normalized spacial score (nSPS) is 30.6. The molecule has 1 aliphatic rings. The summed E-state index contributed by atoms with van der Waals surface area (Å²) in [5.41, 5.74) is 0.229. The van der Waals surface area contributed by atoms with Crippen molar-refractivity contribution in [2.45, 2.75) is 85.1 Å². The molecule has 0 bridgehead atoms. The predicted molar refractivity (Wildman–Crippen MR) is 71.7 cm³/mol. The largest absolute Gasteiger partial charge is 0.307 e. The van der Waals surface area contributed by atoms with Crippen LogP contribution < -0.4 is 5.32 Å². The lowest BCUT2D eigenvalue weighted by atomic mass is 10.1. The van der Waals surface area contributed by atoms with Gasteiger partial charge in [0.05, 0.1) is 0 Å². The maximum Gasteiger partial charge on any atom is 0.0299 e. The van der Waals surface area contributed by atoms with E-state index in [4.69, 9.17) is 0 Å². The van der Waals surface area contributed by atoms with Crippen LogP contribution in [0.5, 0.6) is 0 Å². The van der Waals surface area contributed by atoms with Crippen LogP contribution in [0.1, 0.15) is 55.4 Å². The predicted octanol–water partition coefficient (Wildman–Crippen LogP) is 2.88. The summed E-state index contributed by atoms with van der Waals surface area (Å²) in [5.74, 6) is 0.782. The van der Waals surface area contributed by atoms with E-state index in [1.807, 2.05) is 0 Å². The van der Waals surface area contributed by atoms with Crippen LogP contribution in [-0.4, -0.2) is 34.6 Å². The van der Waals surface area contributed by atoms with Crippen LogP contribution in [0, 0.1) is 5.92 Å². The van der Waals surface area contributed by atoms with Crippen LogP contribution >= 0.6 is 0 Å². The van der Waals surface area contributed by atoms with Crippen LogP contribution in [0.15, 0.2) is 0 Å². The summed E-state index contributed by atoms with van der Waals surface area (Å²) >= 11 is 0. The van der Waals surface area contributed by atoms with Gasteiger partial charge in [-0.1, -0.05) is 6.92 Å². The van der Waals surface area contributed by atoms with E-state index in [0.29, 0.717) is 18.1 Å². The van der Waals surface area contributed by atoms with Crippen molar-refractivity contribution >= 4 is 0 Å². The highest BCUT2D eigenvalue weighted by molar-refractivity contribution is 5.10. The van der Waals surface area contributed by atoms with Gasteiger partial charge in [0.1, 0.15) is 0 Å². The number of nitrogens with zero attached hydrogens (tertiary/aromatic N) is 1. The number of rotatable bonds is 4. The molecule has 0 radical (unpaired) electrons. The Balaban J connectivity index is 2.62. The summed E-state index contributed by atoms with van der Waals surface area (Å²) in [7, 11) is 0. The topological polar surface area (TPSA) is 15.3 Å². The first kappa shape index (κ1) is 14.0. The zero-order valence-corrected chi connectivity index (χ0v) is 12.3. The van der Waals surface area contributed by atoms with E-state index >= 15 is 0 Å². The molecule has 1 fully saturated rings. The molecule has 3 unspecified atom stereocenters. The minimum atomic E-state index is 0.229. The van der Waals surface area contributed by atoms with Gasteiger partial charge in [0.15, 0.2) is 0 Å². The van der Waals surface area contributed by atoms with Crippen molar-refractivity contribution in [1.82, 2.24) is 10.2 Å². The van der Waals surface area contributed by atoms with Crippen LogP contribution in [0.3, 0.4) is 0 Å². The van der Waals surface area contributed by atoms with Crippen LogP contribution in [-0.2, 0) is 0 Å². The summed E-state index contributed by atoms with van der Waals surface area (Å²) in [6.45, 7) is 18.3. The van der Waals surface area contributed by atoms with E-state index in [9.17, 15) is 0 Å². The molecule has 1 N–H and O–H groups in total. The van der Waals surface area contributed by atoms with Crippen LogP contribution in [0.2, 0.25) is 0 Å². The third-order valence-electron chi connectivity index (χ3n) is 3.47. The zero-order chi connectivity index (χ0) is 12.7. The molecule has 2 nitrogen and oxygen atoms in total. The van der Waals surface area contributed by atoms with Crippen molar-refractivity contribution in [3.05, 3.63) is 0 Å². The van der Waals surface area contributed by atoms with Gasteiger partial charge in [-0.15, -0.1) is 0 Å². The van der Waals surface area contributed by atoms with Gasteiger partial charge < -0.3 is 5.32 Å². The van der Waals surface area contributed by atoms with E-state index < -0.39 is 0 Å². The Kier molecular flexibility index (Phi) is 4.07. The second-order valence-corrected chi connectivity index (χ2v) is 6.90. The molecule has 1 saturated carbocycles. The van der Waals surface area contributed by atoms with Gasteiger partial charge in [0, 0.05) is 29.7 Å². The van der Waals surface area contributed by atoms with Crippen molar-refractivity contribution in [3.63, 3.8) is 0 Å². The van der Waals surface area contributed by atoms with Crippen molar-refractivity contribution < 1.29 is 0 Å². The zero-order valence-electron chi connectivity index (χ0n) is 12.3. The molecule has 0 aliphatic heterocycles. The molecule has 16 heavy (non-hydrogen) atoms. The summed E-state index contributed by atoms with van der Waals surface area (Å²) in [5, 5.41) is 3.74. The fraction of sp³-hybridized carbons (Fsp3) is 1.00. The minimum absolute atomic E-state index is 0.229. The average Bonchev–Trinajstić information content (AvgIpc) is 2.58. The maximum absolute atomic E-state index is 3.74. The molecule has 0 aromatic carbocycles. The van der Waals surface area contributed by atoms with Gasteiger partial charge >= 0.3 is 0 Å². The number of hydrogen-bond donors (Lipinski definition) is 1. The molecule has 1 aliphatic carbocycles. The standard InChI is InChI=1S/C14H30N2/c1-9(2)16(10(3)4)13-11(5)12(13)15-14(6,7)8/h9-13,15H,1-8H3. The Morgan fingerprint density at radius 3 is 1.75 bits per heavy atom. The molecule has 1 rings (SSSR count). The highest BCUT2D eigenvalue weighted by Gasteiger charge is 2.52. The summed E-state index contributed by atoms with van der Waals surface area (Å²) in [4.78, 5) is 2.65. The lowest BCUT2D eigenvalue weighted by Crippen LogP contribution is -2.45. The van der Waals surface area contributed by atoms with Gasteiger partial charge in [0.25, 0.3) is 0 Å². The summed E-state index contributed by atoms with van der Waals surface area (Å²) < 4.78 is 0. The van der Waals surface area contributed by atoms with Crippen LogP contribution in [0.4, 0.5) is 0 Å². The molecule has 0 aromatic rings. The third kappa shape index (κ3) is 3.21. The molecule has 3 atom stereocenters. The Hall–Kier alpha value is -0.0800. The SMILES string of the molecule is CC1C(NC(C)(C)C)C1N(C(C)C)C(C)C. The summed E-state index contributed by atoms with van der Waals surface area (Å²) in [6.07, 6.45) is 0. The third-order valence-corrected chi connectivity index (χ3v) is 3.47. The Morgan fingerprint density at radius 2 is 1.44 bits per heavy atom. The van der Waals surface area contributed by atoms with Gasteiger partial charge in [0.2, 0.25) is 0 Å². The highest BCUT2D eigenvalue weighted by Crippen LogP contribution is 2.39. The summed E-state index contributed by atoms with van der Waals surface area (Å²) in [6, 6.07) is 2.67. The first-order chi connectivity index (χ1) is 7.15. The second kappa shape index (κ2) is 4.66. The lowest BCUT2D eigenvalue weighted by molar-refractivity contribution is 0.151.